The van der Waals surface area contributed by atoms with E-state index < -0.39 is 5.91 Å². The Morgan fingerprint density at radius 2 is 2.06 bits per heavy atom. The largest absolute Gasteiger partial charge is 0.397 e. The maximum absolute atomic E-state index is 11.1. The minimum atomic E-state index is -0.513. The van der Waals surface area contributed by atoms with Crippen molar-refractivity contribution in [1.82, 2.24) is 5.32 Å². The van der Waals surface area contributed by atoms with Crippen LogP contribution >= 0.6 is 0 Å². The van der Waals surface area contributed by atoms with Gasteiger partial charge in [-0.2, -0.15) is 0 Å². The maximum atomic E-state index is 11.1. The number of carbonyl (C=O) groups is 2. The molecular formula is C12H18N4O2. The summed E-state index contributed by atoms with van der Waals surface area (Å²) in [7, 11) is 3.43. The van der Waals surface area contributed by atoms with E-state index in [1.807, 2.05) is 11.9 Å². The van der Waals surface area contributed by atoms with Crippen LogP contribution in [-0.4, -0.2) is 32.5 Å². The standard InChI is InChI=1S/C12H18N4O2/c1-15-11(17)5-6-16(2)10-4-3-8(12(14)18)7-9(10)13/h3-4,7H,5-6,13H2,1-2H3,(H2,14,18)(H,15,17). The summed E-state index contributed by atoms with van der Waals surface area (Å²) in [6, 6.07) is 4.87. The number of carbonyl (C=O) groups excluding carboxylic acids is 2. The molecule has 0 saturated heterocycles. The van der Waals surface area contributed by atoms with Gasteiger partial charge in [-0.15, -0.1) is 0 Å². The number of nitrogen functional groups attached to an aromatic ring is 1. The summed E-state index contributed by atoms with van der Waals surface area (Å²) in [4.78, 5) is 24.0. The van der Waals surface area contributed by atoms with E-state index >= 15 is 0 Å². The van der Waals surface area contributed by atoms with Gasteiger partial charge in [-0.05, 0) is 18.2 Å². The molecule has 2 amide bonds. The Labute approximate surface area is 106 Å². The first-order valence-corrected chi connectivity index (χ1v) is 5.56. The van der Waals surface area contributed by atoms with Crippen molar-refractivity contribution in [2.24, 2.45) is 5.73 Å². The number of nitrogens with one attached hydrogen (secondary N) is 1. The van der Waals surface area contributed by atoms with Crippen molar-refractivity contribution in [2.45, 2.75) is 6.42 Å². The average Bonchev–Trinajstić information content (AvgIpc) is 2.35. The molecule has 0 heterocycles. The molecule has 0 radical (unpaired) electrons. The topological polar surface area (TPSA) is 101 Å². The molecule has 0 aromatic heterocycles. The quantitative estimate of drug-likeness (QED) is 0.637. The molecule has 1 rings (SSSR count). The summed E-state index contributed by atoms with van der Waals surface area (Å²) in [6.45, 7) is 0.541. The van der Waals surface area contributed by atoms with Crippen LogP contribution < -0.4 is 21.7 Å². The minimum Gasteiger partial charge on any atom is -0.397 e. The fourth-order valence-electron chi connectivity index (χ4n) is 1.57. The van der Waals surface area contributed by atoms with Gasteiger partial charge in [0, 0.05) is 32.6 Å². The van der Waals surface area contributed by atoms with Crippen LogP contribution in [0.4, 0.5) is 11.4 Å². The van der Waals surface area contributed by atoms with Crippen LogP contribution in [0, 0.1) is 0 Å². The van der Waals surface area contributed by atoms with Crippen molar-refractivity contribution < 1.29 is 9.59 Å². The second-order valence-corrected chi connectivity index (χ2v) is 3.98. The number of hydrogen-bond acceptors (Lipinski definition) is 4. The summed E-state index contributed by atoms with van der Waals surface area (Å²) >= 11 is 0. The Hall–Kier alpha value is -2.24. The van der Waals surface area contributed by atoms with Crippen molar-refractivity contribution in [3.8, 4) is 0 Å². The number of primary amides is 1. The van der Waals surface area contributed by atoms with Gasteiger partial charge in [0.25, 0.3) is 0 Å². The number of nitrogens with zero attached hydrogens (tertiary/aromatic N) is 1. The van der Waals surface area contributed by atoms with E-state index in [0.717, 1.165) is 5.69 Å². The molecule has 1 aromatic rings. The fraction of sp³-hybridized carbons (Fsp3) is 0.333. The van der Waals surface area contributed by atoms with Crippen LogP contribution in [0.15, 0.2) is 18.2 Å². The lowest BCUT2D eigenvalue weighted by atomic mass is 10.1. The molecule has 0 spiro atoms. The Bertz CT molecular complexity index is 459. The van der Waals surface area contributed by atoms with Crippen LogP contribution in [-0.2, 0) is 4.79 Å². The van der Waals surface area contributed by atoms with Gasteiger partial charge in [0.2, 0.25) is 11.8 Å². The molecule has 0 aliphatic heterocycles. The fourth-order valence-corrected chi connectivity index (χ4v) is 1.57. The van der Waals surface area contributed by atoms with Crippen molar-refractivity contribution >= 4 is 23.2 Å². The molecule has 0 aliphatic carbocycles. The van der Waals surface area contributed by atoms with E-state index in [0.29, 0.717) is 24.2 Å². The second kappa shape index (κ2) is 5.90. The summed E-state index contributed by atoms with van der Waals surface area (Å²) in [5.41, 5.74) is 12.6. The van der Waals surface area contributed by atoms with E-state index in [1.54, 1.807) is 19.2 Å². The van der Waals surface area contributed by atoms with E-state index in [2.05, 4.69) is 5.32 Å². The van der Waals surface area contributed by atoms with Gasteiger partial charge in [-0.1, -0.05) is 0 Å². The first-order chi connectivity index (χ1) is 8.45. The molecule has 0 bridgehead atoms. The highest BCUT2D eigenvalue weighted by Gasteiger charge is 2.09. The Morgan fingerprint density at radius 1 is 1.39 bits per heavy atom. The van der Waals surface area contributed by atoms with Crippen molar-refractivity contribution in [3.05, 3.63) is 23.8 Å². The zero-order valence-electron chi connectivity index (χ0n) is 10.6. The van der Waals surface area contributed by atoms with Gasteiger partial charge in [0.1, 0.15) is 0 Å². The lowest BCUT2D eigenvalue weighted by Crippen LogP contribution is -2.27. The molecule has 1 aromatic carbocycles. The number of amides is 2. The van der Waals surface area contributed by atoms with E-state index in [1.165, 1.54) is 6.07 Å². The molecule has 98 valence electrons. The molecule has 0 unspecified atom stereocenters. The van der Waals surface area contributed by atoms with Crippen LogP contribution in [0.5, 0.6) is 0 Å². The number of anilines is 2. The van der Waals surface area contributed by atoms with Crippen molar-refractivity contribution in [2.75, 3.05) is 31.3 Å². The smallest absolute Gasteiger partial charge is 0.248 e. The second-order valence-electron chi connectivity index (χ2n) is 3.98. The van der Waals surface area contributed by atoms with E-state index in [9.17, 15) is 9.59 Å². The summed E-state index contributed by atoms with van der Waals surface area (Å²) in [5, 5.41) is 2.55. The highest BCUT2D eigenvalue weighted by atomic mass is 16.1. The number of benzene rings is 1. The Morgan fingerprint density at radius 3 is 2.56 bits per heavy atom. The van der Waals surface area contributed by atoms with Crippen molar-refractivity contribution in [1.29, 1.82) is 0 Å². The summed E-state index contributed by atoms with van der Waals surface area (Å²) in [6.07, 6.45) is 0.379. The summed E-state index contributed by atoms with van der Waals surface area (Å²) < 4.78 is 0. The van der Waals surface area contributed by atoms with Gasteiger partial charge < -0.3 is 21.7 Å². The maximum Gasteiger partial charge on any atom is 0.248 e. The minimum absolute atomic E-state index is 0.0332. The SMILES string of the molecule is CNC(=O)CCN(C)c1ccc(C(N)=O)cc1N. The molecule has 18 heavy (non-hydrogen) atoms. The molecule has 0 atom stereocenters. The lowest BCUT2D eigenvalue weighted by Gasteiger charge is -2.21. The zero-order chi connectivity index (χ0) is 13.7. The number of hydrogen-bond donors (Lipinski definition) is 3. The lowest BCUT2D eigenvalue weighted by molar-refractivity contribution is -0.120. The Kier molecular flexibility index (Phi) is 4.53. The van der Waals surface area contributed by atoms with Crippen LogP contribution in [0.1, 0.15) is 16.8 Å². The molecule has 6 nitrogen and oxygen atoms in total. The molecule has 0 fully saturated rings. The highest BCUT2D eigenvalue weighted by Crippen LogP contribution is 2.23. The van der Waals surface area contributed by atoms with Crippen LogP contribution in [0.2, 0.25) is 0 Å². The number of nitrogens with two attached hydrogens (primary N) is 2. The first kappa shape index (κ1) is 13.8. The molecule has 5 N–H and O–H groups in total. The van der Waals surface area contributed by atoms with Gasteiger partial charge in [-0.3, -0.25) is 9.59 Å². The van der Waals surface area contributed by atoms with E-state index in [-0.39, 0.29) is 5.91 Å². The number of rotatable bonds is 5. The van der Waals surface area contributed by atoms with Gasteiger partial charge in [0.15, 0.2) is 0 Å². The molecule has 0 saturated carbocycles. The predicted octanol–water partition coefficient (Wildman–Crippen LogP) is -0.0600. The third kappa shape index (κ3) is 3.38. The molecule has 6 heteroatoms. The van der Waals surface area contributed by atoms with Crippen LogP contribution in [0.3, 0.4) is 0 Å². The van der Waals surface area contributed by atoms with E-state index in [4.69, 9.17) is 11.5 Å². The Balaban J connectivity index is 2.77. The van der Waals surface area contributed by atoms with Gasteiger partial charge in [-0.25, -0.2) is 0 Å². The highest BCUT2D eigenvalue weighted by molar-refractivity contribution is 5.94. The summed E-state index contributed by atoms with van der Waals surface area (Å²) in [5.74, 6) is -0.546. The van der Waals surface area contributed by atoms with Crippen molar-refractivity contribution in [3.63, 3.8) is 0 Å². The zero-order valence-corrected chi connectivity index (χ0v) is 10.6. The molecule has 0 aliphatic rings. The first-order valence-electron chi connectivity index (χ1n) is 5.56. The normalized spacial score (nSPS) is 9.89. The molecular weight excluding hydrogens is 232 g/mol. The van der Waals surface area contributed by atoms with Gasteiger partial charge in [0.05, 0.1) is 11.4 Å². The average molecular weight is 250 g/mol. The van der Waals surface area contributed by atoms with Gasteiger partial charge >= 0.3 is 0 Å². The predicted molar refractivity (Wildman–Crippen MR) is 71.3 cm³/mol. The third-order valence-corrected chi connectivity index (χ3v) is 2.68. The van der Waals surface area contributed by atoms with Crippen LogP contribution in [0.25, 0.3) is 0 Å². The third-order valence-electron chi connectivity index (χ3n) is 2.68. The monoisotopic (exact) mass is 250 g/mol.